The van der Waals surface area contributed by atoms with Gasteiger partial charge >= 0.3 is 0 Å². The number of amides is 1. The highest BCUT2D eigenvalue weighted by atomic mass is 16.1. The van der Waals surface area contributed by atoms with E-state index >= 15 is 0 Å². The second-order valence-corrected chi connectivity index (χ2v) is 4.68. The van der Waals surface area contributed by atoms with Gasteiger partial charge in [-0.3, -0.25) is 4.79 Å². The summed E-state index contributed by atoms with van der Waals surface area (Å²) >= 11 is 0. The third-order valence-electron chi connectivity index (χ3n) is 3.35. The number of fused-ring (bicyclic) bond motifs is 1. The molecule has 1 atom stereocenters. The van der Waals surface area contributed by atoms with Crippen molar-refractivity contribution in [3.8, 4) is 0 Å². The summed E-state index contributed by atoms with van der Waals surface area (Å²) in [4.78, 5) is 15.1. The van der Waals surface area contributed by atoms with Crippen LogP contribution in [0.3, 0.4) is 0 Å². The Labute approximate surface area is 96.6 Å². The number of carbonyl (C=O) groups excluding carboxylic acids is 1. The predicted octanol–water partition coefficient (Wildman–Crippen LogP) is 2.42. The number of hydrogen-bond donors (Lipinski definition) is 2. The van der Waals surface area contributed by atoms with Gasteiger partial charge in [-0.05, 0) is 50.7 Å². The van der Waals surface area contributed by atoms with E-state index in [1.165, 1.54) is 24.1 Å². The first-order valence-corrected chi connectivity index (χ1v) is 6.22. The number of hydrogen-bond acceptors (Lipinski definition) is 1. The van der Waals surface area contributed by atoms with Crippen molar-refractivity contribution in [1.29, 1.82) is 0 Å². The highest BCUT2D eigenvalue weighted by molar-refractivity contribution is 5.93. The number of aromatic amines is 1. The van der Waals surface area contributed by atoms with Gasteiger partial charge in [0.2, 0.25) is 0 Å². The molecule has 0 radical (unpaired) electrons. The van der Waals surface area contributed by atoms with Gasteiger partial charge in [0.1, 0.15) is 5.69 Å². The number of nitrogens with one attached hydrogen (secondary N) is 2. The molecule has 0 fully saturated rings. The molecule has 1 heterocycles. The molecule has 3 heteroatoms. The van der Waals surface area contributed by atoms with Crippen LogP contribution in [0, 0.1) is 0 Å². The van der Waals surface area contributed by atoms with Crippen LogP contribution in [-0.2, 0) is 12.8 Å². The Balaban J connectivity index is 2.09. The van der Waals surface area contributed by atoms with Gasteiger partial charge < -0.3 is 10.3 Å². The second-order valence-electron chi connectivity index (χ2n) is 4.68. The van der Waals surface area contributed by atoms with Crippen LogP contribution in [0.25, 0.3) is 0 Å². The Morgan fingerprint density at radius 1 is 1.50 bits per heavy atom. The molecule has 16 heavy (non-hydrogen) atoms. The van der Waals surface area contributed by atoms with Gasteiger partial charge in [0.15, 0.2) is 0 Å². The van der Waals surface area contributed by atoms with E-state index in [0.29, 0.717) is 0 Å². The average Bonchev–Trinajstić information content (AvgIpc) is 2.72. The van der Waals surface area contributed by atoms with E-state index < -0.39 is 0 Å². The predicted molar refractivity (Wildman–Crippen MR) is 64.7 cm³/mol. The molecule has 0 bridgehead atoms. The highest BCUT2D eigenvalue weighted by Crippen LogP contribution is 2.21. The third-order valence-corrected chi connectivity index (χ3v) is 3.35. The fourth-order valence-corrected chi connectivity index (χ4v) is 2.13. The molecular formula is C13H20N2O. The van der Waals surface area contributed by atoms with Crippen molar-refractivity contribution in [1.82, 2.24) is 10.3 Å². The maximum Gasteiger partial charge on any atom is 0.267 e. The van der Waals surface area contributed by atoms with Crippen molar-refractivity contribution in [3.05, 3.63) is 23.0 Å². The Hall–Kier alpha value is -1.25. The Kier molecular flexibility index (Phi) is 3.32. The van der Waals surface area contributed by atoms with E-state index in [1.807, 2.05) is 13.0 Å². The van der Waals surface area contributed by atoms with Crippen LogP contribution in [0.4, 0.5) is 0 Å². The van der Waals surface area contributed by atoms with Crippen molar-refractivity contribution in [2.45, 2.75) is 52.0 Å². The van der Waals surface area contributed by atoms with Crippen LogP contribution < -0.4 is 5.32 Å². The van der Waals surface area contributed by atoms with Crippen molar-refractivity contribution in [2.24, 2.45) is 0 Å². The zero-order valence-electron chi connectivity index (χ0n) is 10.1. The molecule has 0 saturated carbocycles. The average molecular weight is 220 g/mol. The standard InChI is InChI=1S/C13H20N2O/c1-3-9(2)14-13(16)12-8-10-6-4-5-7-11(10)15-12/h8-9,15H,3-7H2,1-2H3,(H,14,16). The van der Waals surface area contributed by atoms with Gasteiger partial charge in [-0.2, -0.15) is 0 Å². The fourth-order valence-electron chi connectivity index (χ4n) is 2.13. The van der Waals surface area contributed by atoms with E-state index in [9.17, 15) is 4.79 Å². The second kappa shape index (κ2) is 4.73. The zero-order chi connectivity index (χ0) is 11.5. The molecular weight excluding hydrogens is 200 g/mol. The van der Waals surface area contributed by atoms with E-state index in [-0.39, 0.29) is 11.9 Å². The molecule has 0 aromatic carbocycles. The van der Waals surface area contributed by atoms with E-state index in [1.54, 1.807) is 0 Å². The molecule has 1 aliphatic rings. The monoisotopic (exact) mass is 220 g/mol. The van der Waals surface area contributed by atoms with Gasteiger partial charge in [0.05, 0.1) is 0 Å². The Morgan fingerprint density at radius 3 is 2.94 bits per heavy atom. The lowest BCUT2D eigenvalue weighted by atomic mass is 9.98. The number of H-pyrrole nitrogens is 1. The van der Waals surface area contributed by atoms with Gasteiger partial charge in [0.25, 0.3) is 5.91 Å². The number of aromatic nitrogens is 1. The SMILES string of the molecule is CCC(C)NC(=O)c1cc2c([nH]1)CCCC2. The van der Waals surface area contributed by atoms with Crippen LogP contribution >= 0.6 is 0 Å². The largest absolute Gasteiger partial charge is 0.354 e. The maximum atomic E-state index is 11.9. The molecule has 88 valence electrons. The lowest BCUT2D eigenvalue weighted by Gasteiger charge is -2.10. The number of rotatable bonds is 3. The number of aryl methyl sites for hydroxylation is 2. The van der Waals surface area contributed by atoms with Crippen LogP contribution in [0.1, 0.15) is 54.9 Å². The first-order chi connectivity index (χ1) is 7.70. The van der Waals surface area contributed by atoms with Crippen molar-refractivity contribution >= 4 is 5.91 Å². The molecule has 3 nitrogen and oxygen atoms in total. The maximum absolute atomic E-state index is 11.9. The van der Waals surface area contributed by atoms with Gasteiger partial charge in [-0.25, -0.2) is 0 Å². The molecule has 0 aliphatic heterocycles. The lowest BCUT2D eigenvalue weighted by molar-refractivity contribution is 0.0934. The van der Waals surface area contributed by atoms with Crippen molar-refractivity contribution in [3.63, 3.8) is 0 Å². The smallest absolute Gasteiger partial charge is 0.267 e. The molecule has 1 aromatic heterocycles. The normalized spacial score (nSPS) is 16.6. The van der Waals surface area contributed by atoms with Crippen LogP contribution in [-0.4, -0.2) is 16.9 Å². The fraction of sp³-hybridized carbons (Fsp3) is 0.615. The number of carbonyl (C=O) groups is 1. The summed E-state index contributed by atoms with van der Waals surface area (Å²) in [5, 5.41) is 2.98. The summed E-state index contributed by atoms with van der Waals surface area (Å²) in [6, 6.07) is 2.26. The first kappa shape index (κ1) is 11.2. The van der Waals surface area contributed by atoms with E-state index in [2.05, 4.69) is 17.2 Å². The van der Waals surface area contributed by atoms with Crippen LogP contribution in [0.15, 0.2) is 6.07 Å². The summed E-state index contributed by atoms with van der Waals surface area (Å²) in [5.74, 6) is 0.0312. The molecule has 0 saturated heterocycles. The van der Waals surface area contributed by atoms with Crippen LogP contribution in [0.5, 0.6) is 0 Å². The minimum Gasteiger partial charge on any atom is -0.354 e. The molecule has 1 unspecified atom stereocenters. The van der Waals surface area contributed by atoms with Crippen molar-refractivity contribution < 1.29 is 4.79 Å². The molecule has 1 amide bonds. The first-order valence-electron chi connectivity index (χ1n) is 6.22. The summed E-state index contributed by atoms with van der Waals surface area (Å²) in [6.45, 7) is 4.10. The van der Waals surface area contributed by atoms with Gasteiger partial charge in [0, 0.05) is 11.7 Å². The quantitative estimate of drug-likeness (QED) is 0.807. The molecule has 1 aromatic rings. The molecule has 1 aliphatic carbocycles. The molecule has 2 rings (SSSR count). The van der Waals surface area contributed by atoms with Crippen molar-refractivity contribution in [2.75, 3.05) is 0 Å². The topological polar surface area (TPSA) is 44.9 Å². The summed E-state index contributed by atoms with van der Waals surface area (Å²) < 4.78 is 0. The third kappa shape index (κ3) is 2.29. The molecule has 0 spiro atoms. The zero-order valence-corrected chi connectivity index (χ0v) is 10.1. The van der Waals surface area contributed by atoms with Gasteiger partial charge in [-0.1, -0.05) is 6.92 Å². The van der Waals surface area contributed by atoms with E-state index in [0.717, 1.165) is 25.0 Å². The minimum absolute atomic E-state index is 0.0312. The lowest BCUT2D eigenvalue weighted by Crippen LogP contribution is -2.32. The summed E-state index contributed by atoms with van der Waals surface area (Å²) in [7, 11) is 0. The highest BCUT2D eigenvalue weighted by Gasteiger charge is 2.16. The Morgan fingerprint density at radius 2 is 2.25 bits per heavy atom. The molecule has 2 N–H and O–H groups in total. The minimum atomic E-state index is 0.0312. The summed E-state index contributed by atoms with van der Waals surface area (Å²) in [6.07, 6.45) is 5.65. The Bertz CT molecular complexity index is 358. The summed E-state index contributed by atoms with van der Waals surface area (Å²) in [5.41, 5.74) is 3.33. The van der Waals surface area contributed by atoms with Crippen LogP contribution in [0.2, 0.25) is 0 Å². The van der Waals surface area contributed by atoms with E-state index in [4.69, 9.17) is 0 Å². The van der Waals surface area contributed by atoms with Gasteiger partial charge in [-0.15, -0.1) is 0 Å².